The predicted molar refractivity (Wildman–Crippen MR) is 48.4 cm³/mol. The van der Waals surface area contributed by atoms with Gasteiger partial charge >= 0.3 is 0 Å². The van der Waals surface area contributed by atoms with Gasteiger partial charge in [0.05, 0.1) is 0 Å². The zero-order chi connectivity index (χ0) is 10.6. The fraction of sp³-hybridized carbons (Fsp3) is 0.286. The molecule has 7 nitrogen and oxygen atoms in total. The number of nitrogens with one attached hydrogen (secondary N) is 2. The van der Waals surface area contributed by atoms with Crippen molar-refractivity contribution in [3.63, 3.8) is 0 Å². The maximum absolute atomic E-state index is 10.6. The molecule has 0 unspecified atom stereocenters. The second-order valence-electron chi connectivity index (χ2n) is 2.50. The first kappa shape index (κ1) is 10.0. The molecule has 0 aliphatic carbocycles. The Hall–Kier alpha value is -2.05. The minimum absolute atomic E-state index is 0.108. The molecule has 1 rings (SSSR count). The largest absolute Gasteiger partial charge is 0.295 e. The average Bonchev–Trinajstić information content (AvgIpc) is 2.01. The standard InChI is InChI=1S/C7H9N5O2/c1-4(13)10-6-8-3-9-7(12-6)11-5(2)14/h3H,1-2H3,(H2,8,9,10,11,12,13,14). The van der Waals surface area contributed by atoms with Crippen LogP contribution in [-0.2, 0) is 9.59 Å². The van der Waals surface area contributed by atoms with Gasteiger partial charge in [-0.05, 0) is 0 Å². The third-order valence-electron chi connectivity index (χ3n) is 1.15. The van der Waals surface area contributed by atoms with Gasteiger partial charge in [-0.3, -0.25) is 20.2 Å². The molecule has 1 aromatic rings. The third-order valence-corrected chi connectivity index (χ3v) is 1.15. The Balaban J connectivity index is 2.78. The minimum Gasteiger partial charge on any atom is -0.295 e. The van der Waals surface area contributed by atoms with Crippen LogP contribution in [0.5, 0.6) is 0 Å². The summed E-state index contributed by atoms with van der Waals surface area (Å²) in [6.07, 6.45) is 1.20. The summed E-state index contributed by atoms with van der Waals surface area (Å²) in [5.74, 6) is -0.359. The summed E-state index contributed by atoms with van der Waals surface area (Å²) >= 11 is 0. The van der Waals surface area contributed by atoms with E-state index < -0.39 is 0 Å². The Morgan fingerprint density at radius 3 is 1.86 bits per heavy atom. The molecule has 2 amide bonds. The van der Waals surface area contributed by atoms with Crippen LogP contribution in [0.2, 0.25) is 0 Å². The molecule has 0 aliphatic rings. The molecule has 1 heterocycles. The molecule has 0 saturated heterocycles. The Kier molecular flexibility index (Phi) is 3.05. The first-order valence-corrected chi connectivity index (χ1v) is 3.82. The molecule has 2 N–H and O–H groups in total. The van der Waals surface area contributed by atoms with E-state index in [1.807, 2.05) is 0 Å². The van der Waals surface area contributed by atoms with Crippen LogP contribution < -0.4 is 10.6 Å². The smallest absolute Gasteiger partial charge is 0.234 e. The Morgan fingerprint density at radius 1 is 1.07 bits per heavy atom. The lowest BCUT2D eigenvalue weighted by Crippen LogP contribution is -2.13. The van der Waals surface area contributed by atoms with Crippen molar-refractivity contribution in [2.75, 3.05) is 10.6 Å². The summed E-state index contributed by atoms with van der Waals surface area (Å²) in [5.41, 5.74) is 0. The summed E-state index contributed by atoms with van der Waals surface area (Å²) in [6.45, 7) is 2.67. The van der Waals surface area contributed by atoms with E-state index in [2.05, 4.69) is 25.6 Å². The van der Waals surface area contributed by atoms with E-state index in [-0.39, 0.29) is 23.7 Å². The van der Waals surface area contributed by atoms with Gasteiger partial charge in [0, 0.05) is 13.8 Å². The SMILES string of the molecule is CC(=O)Nc1ncnc(NC(C)=O)n1. The highest BCUT2D eigenvalue weighted by Gasteiger charge is 2.02. The summed E-state index contributed by atoms with van der Waals surface area (Å²) < 4.78 is 0. The van der Waals surface area contributed by atoms with Gasteiger partial charge in [-0.25, -0.2) is 9.97 Å². The number of hydrogen-bond donors (Lipinski definition) is 2. The van der Waals surface area contributed by atoms with Gasteiger partial charge < -0.3 is 0 Å². The minimum atomic E-state index is -0.287. The van der Waals surface area contributed by atoms with Gasteiger partial charge in [0.2, 0.25) is 23.7 Å². The summed E-state index contributed by atoms with van der Waals surface area (Å²) in [7, 11) is 0. The van der Waals surface area contributed by atoms with E-state index in [0.717, 1.165) is 0 Å². The van der Waals surface area contributed by atoms with Crippen molar-refractivity contribution in [1.82, 2.24) is 15.0 Å². The molecule has 7 heteroatoms. The molecule has 0 aromatic carbocycles. The van der Waals surface area contributed by atoms with Gasteiger partial charge in [0.15, 0.2) is 0 Å². The number of nitrogens with zero attached hydrogens (tertiary/aromatic N) is 3. The van der Waals surface area contributed by atoms with Crippen LogP contribution in [0.1, 0.15) is 13.8 Å². The van der Waals surface area contributed by atoms with Gasteiger partial charge in [-0.2, -0.15) is 4.98 Å². The van der Waals surface area contributed by atoms with E-state index in [0.29, 0.717) is 0 Å². The average molecular weight is 195 g/mol. The number of carbonyl (C=O) groups excluding carboxylic acids is 2. The first-order chi connectivity index (χ1) is 6.58. The molecule has 74 valence electrons. The number of aromatic nitrogens is 3. The van der Waals surface area contributed by atoms with Gasteiger partial charge in [-0.15, -0.1) is 0 Å². The van der Waals surface area contributed by atoms with Crippen molar-refractivity contribution in [3.8, 4) is 0 Å². The quantitative estimate of drug-likeness (QED) is 0.680. The molecule has 0 aliphatic heterocycles. The number of hydrogen-bond acceptors (Lipinski definition) is 5. The highest BCUT2D eigenvalue weighted by Crippen LogP contribution is 2.00. The second kappa shape index (κ2) is 4.26. The summed E-state index contributed by atoms with van der Waals surface area (Å²) in [6, 6.07) is 0. The Morgan fingerprint density at radius 2 is 1.50 bits per heavy atom. The first-order valence-electron chi connectivity index (χ1n) is 3.82. The monoisotopic (exact) mass is 195 g/mol. The van der Waals surface area contributed by atoms with Crippen molar-refractivity contribution < 1.29 is 9.59 Å². The number of rotatable bonds is 2. The zero-order valence-electron chi connectivity index (χ0n) is 7.74. The van der Waals surface area contributed by atoms with Crippen molar-refractivity contribution in [1.29, 1.82) is 0 Å². The van der Waals surface area contributed by atoms with Crippen LogP contribution in [0.3, 0.4) is 0 Å². The summed E-state index contributed by atoms with van der Waals surface area (Å²) in [5, 5.41) is 4.73. The fourth-order valence-electron chi connectivity index (χ4n) is 0.732. The van der Waals surface area contributed by atoms with Gasteiger partial charge in [0.1, 0.15) is 6.33 Å². The Labute approximate surface area is 80.0 Å². The highest BCUT2D eigenvalue weighted by atomic mass is 16.2. The molecular formula is C7H9N5O2. The molecule has 0 saturated carbocycles. The molecule has 0 fully saturated rings. The van der Waals surface area contributed by atoms with E-state index in [4.69, 9.17) is 0 Å². The Bertz CT molecular complexity index is 334. The molecule has 0 bridgehead atoms. The lowest BCUT2D eigenvalue weighted by Gasteiger charge is -2.01. The second-order valence-corrected chi connectivity index (χ2v) is 2.50. The predicted octanol–water partition coefficient (Wildman–Crippen LogP) is -0.212. The highest BCUT2D eigenvalue weighted by molar-refractivity contribution is 5.88. The van der Waals surface area contributed by atoms with E-state index in [9.17, 15) is 9.59 Å². The van der Waals surface area contributed by atoms with E-state index in [1.54, 1.807) is 0 Å². The molecule has 0 radical (unpaired) electrons. The molecule has 0 spiro atoms. The normalized spacial score (nSPS) is 9.29. The molecule has 0 atom stereocenters. The van der Waals surface area contributed by atoms with Crippen LogP contribution in [0, 0.1) is 0 Å². The maximum Gasteiger partial charge on any atom is 0.234 e. The van der Waals surface area contributed by atoms with Crippen molar-refractivity contribution in [2.45, 2.75) is 13.8 Å². The maximum atomic E-state index is 10.6. The van der Waals surface area contributed by atoms with Crippen molar-refractivity contribution >= 4 is 23.7 Å². The molecule has 1 aromatic heterocycles. The van der Waals surface area contributed by atoms with E-state index in [1.165, 1.54) is 20.2 Å². The van der Waals surface area contributed by atoms with Crippen LogP contribution in [0.15, 0.2) is 6.33 Å². The topological polar surface area (TPSA) is 96.9 Å². The fourth-order valence-corrected chi connectivity index (χ4v) is 0.732. The van der Waals surface area contributed by atoms with Crippen molar-refractivity contribution in [3.05, 3.63) is 6.33 Å². The number of carbonyl (C=O) groups is 2. The van der Waals surface area contributed by atoms with E-state index >= 15 is 0 Å². The molecule has 14 heavy (non-hydrogen) atoms. The van der Waals surface area contributed by atoms with Gasteiger partial charge in [-0.1, -0.05) is 0 Å². The van der Waals surface area contributed by atoms with Crippen molar-refractivity contribution in [2.24, 2.45) is 0 Å². The van der Waals surface area contributed by atoms with Crippen LogP contribution in [0.4, 0.5) is 11.9 Å². The zero-order valence-corrected chi connectivity index (χ0v) is 7.74. The third kappa shape index (κ3) is 3.13. The molecular weight excluding hydrogens is 186 g/mol. The van der Waals surface area contributed by atoms with Crippen LogP contribution in [-0.4, -0.2) is 26.8 Å². The van der Waals surface area contributed by atoms with Crippen LogP contribution >= 0.6 is 0 Å². The summed E-state index contributed by atoms with van der Waals surface area (Å²) in [4.78, 5) is 32.4. The lowest BCUT2D eigenvalue weighted by atomic mass is 10.7. The number of amides is 2. The van der Waals surface area contributed by atoms with Crippen LogP contribution in [0.25, 0.3) is 0 Å². The number of anilines is 2. The lowest BCUT2D eigenvalue weighted by molar-refractivity contribution is -0.115. The van der Waals surface area contributed by atoms with Gasteiger partial charge in [0.25, 0.3) is 0 Å².